The van der Waals surface area contributed by atoms with Crippen LogP contribution >= 0.6 is 22.7 Å². The molecule has 0 saturated carbocycles. The molecule has 0 spiro atoms. The number of hydrogen-bond donors (Lipinski definition) is 0. The Balaban J connectivity index is 0.816. The van der Waals surface area contributed by atoms with Crippen LogP contribution in [0.5, 0.6) is 69.0 Å². The molecule has 6 aliphatic rings. The largest absolute Gasteiger partial charge is 0.458 e. The fourth-order valence-corrected chi connectivity index (χ4v) is 19.5. The number of thiophene rings is 2. The molecule has 9 nitrogen and oxygen atoms in total. The van der Waals surface area contributed by atoms with Crippen LogP contribution in [0.1, 0.15) is 52.7 Å². The number of anilines is 9. The molecule has 0 atom stereocenters. The van der Waals surface area contributed by atoms with Crippen molar-refractivity contribution in [2.75, 3.05) is 14.7 Å². The number of halogens is 12. The molecule has 21 rings (SSSR count). The molecule has 0 saturated heterocycles. The first kappa shape index (κ1) is 71.1. The molecular formula is C90H52B3F12N3O6S2. The van der Waals surface area contributed by atoms with Gasteiger partial charge in [-0.3, -0.25) is 14.7 Å². The quantitative estimate of drug-likeness (QED) is 0.104. The van der Waals surface area contributed by atoms with E-state index in [4.69, 9.17) is 28.4 Å². The highest BCUT2D eigenvalue weighted by Gasteiger charge is 2.51. The Morgan fingerprint density at radius 2 is 0.491 bits per heavy atom. The number of nitrogens with zero attached hydrogens (tertiary/aromatic N) is 3. The van der Waals surface area contributed by atoms with Gasteiger partial charge in [-0.25, -0.2) is 52.7 Å². The van der Waals surface area contributed by atoms with Gasteiger partial charge in [-0.05, 0) is 141 Å². The van der Waals surface area contributed by atoms with Crippen LogP contribution < -0.4 is 90.9 Å². The topological polar surface area (TPSA) is 65.1 Å². The van der Waals surface area contributed by atoms with Crippen molar-refractivity contribution >= 4 is 162 Å². The van der Waals surface area contributed by atoms with Crippen LogP contribution in [0.15, 0.2) is 206 Å². The van der Waals surface area contributed by atoms with Gasteiger partial charge in [0.15, 0.2) is 0 Å². The average Bonchev–Trinajstić information content (AvgIpc) is 1.20. The summed E-state index contributed by atoms with van der Waals surface area (Å²) in [6, 6.07) is 45.7. The second kappa shape index (κ2) is 25.4. The highest BCUT2D eigenvalue weighted by atomic mass is 32.1. The van der Waals surface area contributed by atoms with E-state index in [9.17, 15) is 0 Å². The molecule has 0 fully saturated rings. The Labute approximate surface area is 662 Å². The summed E-state index contributed by atoms with van der Waals surface area (Å²) in [7, 11) is 0. The van der Waals surface area contributed by atoms with Crippen LogP contribution in [-0.4, -0.2) is 20.1 Å². The van der Waals surface area contributed by atoms with Gasteiger partial charge in [0.2, 0.25) is 0 Å². The fourth-order valence-electron chi connectivity index (χ4n) is 17.0. The van der Waals surface area contributed by atoms with Crippen molar-refractivity contribution in [3.05, 3.63) is 287 Å². The Morgan fingerprint density at radius 1 is 0.259 bits per heavy atom. The minimum atomic E-state index is -1.21. The number of benzene rings is 13. The molecule has 13 aromatic carbocycles. The molecule has 2 aromatic heterocycles. The molecule has 0 amide bonds. The van der Waals surface area contributed by atoms with Gasteiger partial charge in [0.25, 0.3) is 20.1 Å². The third-order valence-electron chi connectivity index (χ3n) is 22.3. The van der Waals surface area contributed by atoms with E-state index >= 15 is 52.7 Å². The van der Waals surface area contributed by atoms with Gasteiger partial charge in [0, 0.05) is 94.6 Å². The Kier molecular flexibility index (Phi) is 15.6. The van der Waals surface area contributed by atoms with Crippen molar-refractivity contribution in [2.45, 2.75) is 52.4 Å². The lowest BCUT2D eigenvalue weighted by Crippen LogP contribution is -2.62. The second-order valence-electron chi connectivity index (χ2n) is 31.3. The summed E-state index contributed by atoms with van der Waals surface area (Å²) in [5.74, 6) is -12.6. The monoisotopic (exact) mass is 1600 g/mol. The highest BCUT2D eigenvalue weighted by Crippen LogP contribution is 2.54. The van der Waals surface area contributed by atoms with Gasteiger partial charge < -0.3 is 28.4 Å². The van der Waals surface area contributed by atoms with Gasteiger partial charge >= 0.3 is 0 Å². The molecule has 0 radical (unpaired) electrons. The van der Waals surface area contributed by atoms with Crippen LogP contribution in [0, 0.1) is 69.8 Å². The van der Waals surface area contributed by atoms with E-state index < -0.39 is 124 Å². The smallest absolute Gasteiger partial charge is 0.273 e. The van der Waals surface area contributed by atoms with Crippen molar-refractivity contribution in [2.24, 2.45) is 0 Å². The predicted octanol–water partition coefficient (Wildman–Crippen LogP) is 21.0. The Hall–Kier alpha value is -12.7. The summed E-state index contributed by atoms with van der Waals surface area (Å²) in [6.07, 6.45) is 0. The lowest BCUT2D eigenvalue weighted by atomic mass is 9.31. The van der Waals surface area contributed by atoms with Crippen LogP contribution in [-0.2, 0) is 10.8 Å². The van der Waals surface area contributed by atoms with Gasteiger partial charge in [-0.15, -0.1) is 22.7 Å². The van der Waals surface area contributed by atoms with E-state index in [2.05, 4.69) is 41.5 Å². The van der Waals surface area contributed by atoms with Crippen molar-refractivity contribution < 1.29 is 81.1 Å². The van der Waals surface area contributed by atoms with E-state index in [0.29, 0.717) is 70.1 Å². The Morgan fingerprint density at radius 3 is 0.741 bits per heavy atom. The first-order valence-electron chi connectivity index (χ1n) is 36.9. The molecule has 0 N–H and O–H groups in total. The average molecular weight is 1600 g/mol. The number of para-hydroxylation sites is 6. The third kappa shape index (κ3) is 10.7. The zero-order valence-corrected chi connectivity index (χ0v) is 63.1. The van der Waals surface area contributed by atoms with Crippen molar-refractivity contribution in [3.8, 4) is 69.0 Å². The molecule has 116 heavy (non-hydrogen) atoms. The van der Waals surface area contributed by atoms with Gasteiger partial charge in [-0.1, -0.05) is 102 Å². The SMILES string of the molecule is CC(C)(C)c1ccc2sc3c(c2c1)Oc1cc(N(c2c(F)cccc2F)c2c(F)cccc2F)cc2c1B3c1cc3c(cc1O2)Oc1cc(N(c2c(F)cccc2F)c2c(F)cccc2F)cc2c1B3c1cc3c(cc1O2)Oc1cc(N(c2c(F)cccc2F)c2c(F)cccc2F)cc2c1B3c1sc3ccc(C(C)(C)C)cc3c1O2. The van der Waals surface area contributed by atoms with Gasteiger partial charge in [0.1, 0.15) is 173 Å². The van der Waals surface area contributed by atoms with E-state index in [1.807, 2.05) is 48.5 Å². The van der Waals surface area contributed by atoms with Crippen LogP contribution in [0.4, 0.5) is 104 Å². The maximum absolute atomic E-state index is 16.7. The zero-order chi connectivity index (χ0) is 79.9. The summed E-state index contributed by atoms with van der Waals surface area (Å²) in [4.78, 5) is 2.33. The normalized spacial score (nSPS) is 13.4. The lowest BCUT2D eigenvalue weighted by molar-refractivity contribution is 0.448. The second-order valence-corrected chi connectivity index (χ2v) is 33.4. The van der Waals surface area contributed by atoms with Gasteiger partial charge in [-0.2, -0.15) is 0 Å². The summed E-state index contributed by atoms with van der Waals surface area (Å²) in [5.41, 5.74) is -1.30. The van der Waals surface area contributed by atoms with Crippen molar-refractivity contribution in [1.29, 1.82) is 0 Å². The van der Waals surface area contributed by atoms with Crippen LogP contribution in [0.25, 0.3) is 20.2 Å². The molecule has 0 aliphatic carbocycles. The van der Waals surface area contributed by atoms with Crippen molar-refractivity contribution in [3.63, 3.8) is 0 Å². The number of hydrogen-bond acceptors (Lipinski definition) is 11. The Bertz CT molecular complexity index is 6280. The minimum Gasteiger partial charge on any atom is -0.458 e. The zero-order valence-electron chi connectivity index (χ0n) is 61.5. The standard InChI is InChI=1S/C90H52B3F12N3O6S2/c1-89(2,3)41-25-27-74-46(29-41)85-87(115-74)92-50-37-48-64(39-66(50)111-70-33-44(35-72(113-85)77(70)92)107(81-56(98)17-9-18-57(81)99)82-58(100)19-10-20-59(82)101)109-68-31-43(106(79-52(94)13-7-14-53(79)95)80-54(96)15-8-16-55(80)97)32-69-76(68)91(48)49-38-51-67(40-65(49)110-69)112-71-34-45(108(83-60(102)21-11-22-61(83)103)84-62(104)23-12-24-63(84)105)36-73-78(71)93(51)88-86(114-73)47-30-42(90(4,5)6)26-28-75(47)116-88/h7-40H,1-6H3. The number of ether oxygens (including phenoxy) is 6. The van der Waals surface area contributed by atoms with Crippen LogP contribution in [0.3, 0.4) is 0 Å². The molecule has 568 valence electrons. The molecule has 0 bridgehead atoms. The summed E-state index contributed by atoms with van der Waals surface area (Å²) < 4.78 is 245. The molecule has 26 heteroatoms. The summed E-state index contributed by atoms with van der Waals surface area (Å²) in [5, 5.41) is 1.42. The maximum Gasteiger partial charge on any atom is 0.273 e. The highest BCUT2D eigenvalue weighted by molar-refractivity contribution is 7.33. The number of fused-ring (bicyclic) bond motifs is 16. The van der Waals surface area contributed by atoms with Gasteiger partial charge in [0.05, 0.1) is 17.1 Å². The van der Waals surface area contributed by atoms with E-state index in [1.54, 1.807) is 12.1 Å². The predicted molar refractivity (Wildman–Crippen MR) is 431 cm³/mol. The van der Waals surface area contributed by atoms with E-state index in [-0.39, 0.29) is 85.4 Å². The first-order valence-corrected chi connectivity index (χ1v) is 38.5. The molecule has 0 unspecified atom stereocenters. The van der Waals surface area contributed by atoms with E-state index in [0.717, 1.165) is 144 Å². The number of rotatable bonds is 9. The minimum absolute atomic E-state index is 0.0364. The molecule has 8 heterocycles. The van der Waals surface area contributed by atoms with E-state index in [1.165, 1.54) is 59.1 Å². The first-order chi connectivity index (χ1) is 55.7. The van der Waals surface area contributed by atoms with Crippen LogP contribution in [0.2, 0.25) is 0 Å². The lowest BCUT2D eigenvalue weighted by Gasteiger charge is -2.38. The summed E-state index contributed by atoms with van der Waals surface area (Å²) in [6.45, 7) is 9.76. The maximum atomic E-state index is 16.7. The fraction of sp³-hybridized carbons (Fsp3) is 0.0889. The van der Waals surface area contributed by atoms with Crippen molar-refractivity contribution in [1.82, 2.24) is 0 Å². The molecular weight excluding hydrogens is 1540 g/mol. The molecule has 6 aliphatic heterocycles. The molecule has 15 aromatic rings. The third-order valence-corrected chi connectivity index (χ3v) is 24.7. The summed E-state index contributed by atoms with van der Waals surface area (Å²) >= 11 is 2.89.